The molecule has 0 spiro atoms. The van der Waals surface area contributed by atoms with Gasteiger partial charge in [0.1, 0.15) is 5.75 Å². The monoisotopic (exact) mass is 335 g/mol. The second kappa shape index (κ2) is 6.75. The summed E-state index contributed by atoms with van der Waals surface area (Å²) < 4.78 is 0. The molecule has 3 N–H and O–H groups in total. The number of carbonyl (C=O) groups is 1. The predicted molar refractivity (Wildman–Crippen MR) is 82.9 cm³/mol. The SMILES string of the molecule is O=C(NN=Cc1cc(Cl)cc([N+](=O)[O-])c1O)c1ccc(O)cc1. The second-order valence-corrected chi connectivity index (χ2v) is 4.80. The summed E-state index contributed by atoms with van der Waals surface area (Å²) >= 11 is 5.73. The molecule has 2 aromatic rings. The number of aromatic hydroxyl groups is 2. The molecule has 0 radical (unpaired) electrons. The van der Waals surface area contributed by atoms with Gasteiger partial charge in [-0.05, 0) is 30.3 Å². The summed E-state index contributed by atoms with van der Waals surface area (Å²) in [6, 6.07) is 7.72. The fourth-order valence-electron chi connectivity index (χ4n) is 1.68. The highest BCUT2D eigenvalue weighted by Gasteiger charge is 2.17. The Kier molecular flexibility index (Phi) is 4.77. The Hall–Kier alpha value is -3.13. The molecule has 0 bridgehead atoms. The van der Waals surface area contributed by atoms with Crippen molar-refractivity contribution in [2.24, 2.45) is 5.10 Å². The van der Waals surface area contributed by atoms with Crippen LogP contribution in [0, 0.1) is 10.1 Å². The van der Waals surface area contributed by atoms with E-state index in [2.05, 4.69) is 10.5 Å². The summed E-state index contributed by atoms with van der Waals surface area (Å²) in [4.78, 5) is 21.8. The third-order valence-corrected chi connectivity index (χ3v) is 3.00. The van der Waals surface area contributed by atoms with Gasteiger partial charge in [0.25, 0.3) is 5.91 Å². The molecule has 0 aliphatic heterocycles. The highest BCUT2D eigenvalue weighted by molar-refractivity contribution is 6.31. The molecule has 1 amide bonds. The van der Waals surface area contributed by atoms with Crippen molar-refractivity contribution >= 4 is 29.4 Å². The molecule has 118 valence electrons. The maximum Gasteiger partial charge on any atom is 0.312 e. The summed E-state index contributed by atoms with van der Waals surface area (Å²) in [6.45, 7) is 0. The molecule has 0 heterocycles. The number of phenols is 2. The zero-order chi connectivity index (χ0) is 17.0. The largest absolute Gasteiger partial charge is 0.508 e. The number of hydrogen-bond acceptors (Lipinski definition) is 6. The Morgan fingerprint density at radius 1 is 1.26 bits per heavy atom. The Morgan fingerprint density at radius 3 is 2.52 bits per heavy atom. The molecule has 0 aliphatic rings. The maximum absolute atomic E-state index is 11.8. The van der Waals surface area contributed by atoms with Crippen molar-refractivity contribution in [1.82, 2.24) is 5.43 Å². The van der Waals surface area contributed by atoms with E-state index in [1.807, 2.05) is 0 Å². The Bertz CT molecular complexity index is 790. The average Bonchev–Trinajstić information content (AvgIpc) is 2.50. The number of hydrogen-bond donors (Lipinski definition) is 3. The summed E-state index contributed by atoms with van der Waals surface area (Å²) in [5, 5.41) is 33.3. The van der Waals surface area contributed by atoms with Gasteiger partial charge in [-0.3, -0.25) is 14.9 Å². The van der Waals surface area contributed by atoms with E-state index in [1.54, 1.807) is 0 Å². The lowest BCUT2D eigenvalue weighted by Crippen LogP contribution is -2.17. The van der Waals surface area contributed by atoms with E-state index in [9.17, 15) is 20.0 Å². The highest BCUT2D eigenvalue weighted by atomic mass is 35.5. The van der Waals surface area contributed by atoms with Crippen LogP contribution in [0.5, 0.6) is 11.5 Å². The number of benzene rings is 2. The Balaban J connectivity index is 2.16. The number of amides is 1. The minimum atomic E-state index is -0.784. The maximum atomic E-state index is 11.8. The molecule has 2 aromatic carbocycles. The lowest BCUT2D eigenvalue weighted by Gasteiger charge is -2.02. The summed E-state index contributed by atoms with van der Waals surface area (Å²) in [5.74, 6) is -1.15. The van der Waals surface area contributed by atoms with Crippen LogP contribution >= 0.6 is 11.6 Å². The molecule has 0 fully saturated rings. The van der Waals surface area contributed by atoms with Crippen LogP contribution in [-0.2, 0) is 0 Å². The molecular weight excluding hydrogens is 326 g/mol. The number of halogens is 1. The third kappa shape index (κ3) is 3.95. The standard InChI is InChI=1S/C14H10ClN3O5/c15-10-5-9(13(20)12(6-10)18(22)23)7-16-17-14(21)8-1-3-11(19)4-2-8/h1-7,19-20H,(H,17,21). The zero-order valence-corrected chi connectivity index (χ0v) is 12.2. The van der Waals surface area contributed by atoms with Crippen molar-refractivity contribution in [3.8, 4) is 11.5 Å². The first kappa shape index (κ1) is 16.2. The lowest BCUT2D eigenvalue weighted by molar-refractivity contribution is -0.385. The number of nitro groups is 1. The molecule has 23 heavy (non-hydrogen) atoms. The molecule has 0 aliphatic carbocycles. The molecule has 2 rings (SSSR count). The van der Waals surface area contributed by atoms with Gasteiger partial charge in [-0.15, -0.1) is 0 Å². The van der Waals surface area contributed by atoms with Gasteiger partial charge in [0.05, 0.1) is 11.1 Å². The first-order chi connectivity index (χ1) is 10.9. The third-order valence-electron chi connectivity index (χ3n) is 2.78. The number of nitro benzene ring substituents is 1. The van der Waals surface area contributed by atoms with Gasteiger partial charge in [0.2, 0.25) is 5.75 Å². The van der Waals surface area contributed by atoms with E-state index in [4.69, 9.17) is 16.7 Å². The van der Waals surface area contributed by atoms with Crippen molar-refractivity contribution < 1.29 is 19.9 Å². The first-order valence-electron chi connectivity index (χ1n) is 6.18. The fraction of sp³-hybridized carbons (Fsp3) is 0. The van der Waals surface area contributed by atoms with Crippen molar-refractivity contribution in [3.63, 3.8) is 0 Å². The van der Waals surface area contributed by atoms with Crippen LogP contribution in [0.25, 0.3) is 0 Å². The van der Waals surface area contributed by atoms with E-state index in [-0.39, 0.29) is 21.9 Å². The number of rotatable bonds is 4. The van der Waals surface area contributed by atoms with Crippen LogP contribution < -0.4 is 5.43 Å². The van der Waals surface area contributed by atoms with Crippen LogP contribution in [0.15, 0.2) is 41.5 Å². The molecule has 0 atom stereocenters. The summed E-state index contributed by atoms with van der Waals surface area (Å²) in [5.41, 5.74) is 1.85. The fourth-order valence-corrected chi connectivity index (χ4v) is 1.90. The Labute approximate surface area is 134 Å². The van der Waals surface area contributed by atoms with Gasteiger partial charge < -0.3 is 10.2 Å². The first-order valence-corrected chi connectivity index (χ1v) is 6.55. The Morgan fingerprint density at radius 2 is 1.91 bits per heavy atom. The van der Waals surface area contributed by atoms with Crippen LogP contribution in [0.4, 0.5) is 5.69 Å². The normalized spacial score (nSPS) is 10.7. The van der Waals surface area contributed by atoms with Crippen molar-refractivity contribution in [1.29, 1.82) is 0 Å². The molecule has 0 saturated heterocycles. The van der Waals surface area contributed by atoms with Gasteiger partial charge >= 0.3 is 5.69 Å². The number of phenolic OH excluding ortho intramolecular Hbond substituents is 2. The number of carbonyl (C=O) groups excluding carboxylic acids is 1. The van der Waals surface area contributed by atoms with Gasteiger partial charge in [-0.2, -0.15) is 5.10 Å². The minimum Gasteiger partial charge on any atom is -0.508 e. The number of hydrazone groups is 1. The van der Waals surface area contributed by atoms with Crippen LogP contribution in [0.1, 0.15) is 15.9 Å². The van der Waals surface area contributed by atoms with Crippen LogP contribution in [-0.4, -0.2) is 27.3 Å². The molecule has 9 heteroatoms. The number of nitrogens with zero attached hydrogens (tertiary/aromatic N) is 2. The van der Waals surface area contributed by atoms with Crippen LogP contribution in [0.2, 0.25) is 5.02 Å². The van der Waals surface area contributed by atoms with E-state index >= 15 is 0 Å². The van der Waals surface area contributed by atoms with Gasteiger partial charge in [0, 0.05) is 22.2 Å². The van der Waals surface area contributed by atoms with Crippen molar-refractivity contribution in [2.75, 3.05) is 0 Å². The quantitative estimate of drug-likeness (QED) is 0.449. The molecule has 0 aromatic heterocycles. The number of nitrogens with one attached hydrogen (secondary N) is 1. The van der Waals surface area contributed by atoms with E-state index in [0.717, 1.165) is 12.3 Å². The molecular formula is C14H10ClN3O5. The van der Waals surface area contributed by atoms with E-state index < -0.39 is 22.3 Å². The van der Waals surface area contributed by atoms with E-state index in [0.29, 0.717) is 0 Å². The van der Waals surface area contributed by atoms with Gasteiger partial charge in [-0.1, -0.05) is 11.6 Å². The molecule has 0 saturated carbocycles. The predicted octanol–water partition coefficient (Wildman–Crippen LogP) is 2.42. The molecule has 8 nitrogen and oxygen atoms in total. The minimum absolute atomic E-state index is 0.0150. The van der Waals surface area contributed by atoms with Crippen molar-refractivity contribution in [2.45, 2.75) is 0 Å². The highest BCUT2D eigenvalue weighted by Crippen LogP contribution is 2.32. The second-order valence-electron chi connectivity index (χ2n) is 4.37. The lowest BCUT2D eigenvalue weighted by atomic mass is 10.2. The smallest absolute Gasteiger partial charge is 0.312 e. The van der Waals surface area contributed by atoms with Crippen molar-refractivity contribution in [3.05, 3.63) is 62.7 Å². The van der Waals surface area contributed by atoms with Gasteiger partial charge in [0.15, 0.2) is 0 Å². The van der Waals surface area contributed by atoms with E-state index in [1.165, 1.54) is 30.3 Å². The summed E-state index contributed by atoms with van der Waals surface area (Å²) in [7, 11) is 0. The average molecular weight is 336 g/mol. The van der Waals surface area contributed by atoms with Gasteiger partial charge in [-0.25, -0.2) is 5.43 Å². The zero-order valence-electron chi connectivity index (χ0n) is 11.4. The topological polar surface area (TPSA) is 125 Å². The summed E-state index contributed by atoms with van der Waals surface area (Å²) in [6.07, 6.45) is 1.03. The van der Waals surface area contributed by atoms with Crippen LogP contribution in [0.3, 0.4) is 0 Å². The molecule has 0 unspecified atom stereocenters.